The second kappa shape index (κ2) is 6.02. The molecule has 0 aliphatic carbocycles. The summed E-state index contributed by atoms with van der Waals surface area (Å²) < 4.78 is 0. The van der Waals surface area contributed by atoms with E-state index >= 15 is 0 Å². The quantitative estimate of drug-likeness (QED) is 0.741. The lowest BCUT2D eigenvalue weighted by Gasteiger charge is -2.18. The highest BCUT2D eigenvalue weighted by molar-refractivity contribution is 5.73. The summed E-state index contributed by atoms with van der Waals surface area (Å²) in [6, 6.07) is 0. The Labute approximate surface area is 86.6 Å². The molecular formula is C11H22N2O. The molecule has 0 radical (unpaired) electrons. The van der Waals surface area contributed by atoms with Gasteiger partial charge in [0.2, 0.25) is 5.91 Å². The standard InChI is InChI=1S/C11H22N2O/c1-2-10-4-3-7-13(8-5-10)9-6-11(12)14/h10H,2-9H2,1H3,(H2,12,14). The third kappa shape index (κ3) is 4.09. The van der Waals surface area contributed by atoms with Gasteiger partial charge in [-0.25, -0.2) is 0 Å². The van der Waals surface area contributed by atoms with Gasteiger partial charge in [0.05, 0.1) is 0 Å². The van der Waals surface area contributed by atoms with E-state index < -0.39 is 0 Å². The summed E-state index contributed by atoms with van der Waals surface area (Å²) in [5.41, 5.74) is 5.14. The van der Waals surface area contributed by atoms with Crippen LogP contribution in [0.3, 0.4) is 0 Å². The Hall–Kier alpha value is -0.570. The lowest BCUT2D eigenvalue weighted by atomic mass is 9.98. The van der Waals surface area contributed by atoms with Crippen LogP contribution in [0.4, 0.5) is 0 Å². The van der Waals surface area contributed by atoms with E-state index in [4.69, 9.17) is 5.73 Å². The number of hydrogen-bond donors (Lipinski definition) is 1. The fraction of sp³-hybridized carbons (Fsp3) is 0.909. The second-order valence-electron chi connectivity index (χ2n) is 4.26. The molecule has 1 heterocycles. The van der Waals surface area contributed by atoms with Gasteiger partial charge in [0, 0.05) is 13.0 Å². The Bertz CT molecular complexity index is 182. The summed E-state index contributed by atoms with van der Waals surface area (Å²) in [6.07, 6.45) is 5.72. The van der Waals surface area contributed by atoms with Crippen molar-refractivity contribution in [1.82, 2.24) is 4.90 Å². The maximum Gasteiger partial charge on any atom is 0.218 e. The number of primary amides is 1. The molecule has 1 aliphatic heterocycles. The van der Waals surface area contributed by atoms with Crippen molar-refractivity contribution in [1.29, 1.82) is 0 Å². The van der Waals surface area contributed by atoms with Crippen LogP contribution in [0.15, 0.2) is 0 Å². The molecule has 1 atom stereocenters. The van der Waals surface area contributed by atoms with Gasteiger partial charge in [-0.05, 0) is 38.3 Å². The third-order valence-corrected chi connectivity index (χ3v) is 3.19. The summed E-state index contributed by atoms with van der Waals surface area (Å²) in [5.74, 6) is 0.717. The van der Waals surface area contributed by atoms with Crippen molar-refractivity contribution >= 4 is 5.91 Å². The molecule has 1 rings (SSSR count). The highest BCUT2D eigenvalue weighted by Crippen LogP contribution is 2.19. The lowest BCUT2D eigenvalue weighted by molar-refractivity contribution is -0.118. The first-order valence-electron chi connectivity index (χ1n) is 5.73. The summed E-state index contributed by atoms with van der Waals surface area (Å²) in [4.78, 5) is 13.0. The van der Waals surface area contributed by atoms with Crippen molar-refractivity contribution < 1.29 is 4.79 Å². The molecule has 3 heteroatoms. The number of carbonyl (C=O) groups excluding carboxylic acids is 1. The van der Waals surface area contributed by atoms with Gasteiger partial charge in [-0.1, -0.05) is 13.3 Å². The van der Waals surface area contributed by atoms with Gasteiger partial charge < -0.3 is 10.6 Å². The van der Waals surface area contributed by atoms with Crippen molar-refractivity contribution in [3.05, 3.63) is 0 Å². The van der Waals surface area contributed by atoms with Crippen LogP contribution in [-0.4, -0.2) is 30.4 Å². The molecule has 0 saturated carbocycles. The number of nitrogens with zero attached hydrogens (tertiary/aromatic N) is 1. The summed E-state index contributed by atoms with van der Waals surface area (Å²) in [5, 5.41) is 0. The van der Waals surface area contributed by atoms with Crippen LogP contribution in [0.2, 0.25) is 0 Å². The summed E-state index contributed by atoms with van der Waals surface area (Å²) >= 11 is 0. The molecule has 82 valence electrons. The zero-order valence-electron chi connectivity index (χ0n) is 9.17. The lowest BCUT2D eigenvalue weighted by Crippen LogP contribution is -2.29. The minimum atomic E-state index is -0.179. The molecule has 1 saturated heterocycles. The predicted molar refractivity (Wildman–Crippen MR) is 57.9 cm³/mol. The van der Waals surface area contributed by atoms with Gasteiger partial charge in [-0.2, -0.15) is 0 Å². The predicted octanol–water partition coefficient (Wildman–Crippen LogP) is 1.37. The van der Waals surface area contributed by atoms with E-state index in [0.29, 0.717) is 6.42 Å². The molecule has 0 aromatic heterocycles. The molecule has 2 N–H and O–H groups in total. The van der Waals surface area contributed by atoms with Gasteiger partial charge >= 0.3 is 0 Å². The molecule has 3 nitrogen and oxygen atoms in total. The molecule has 0 aromatic carbocycles. The van der Waals surface area contributed by atoms with Crippen molar-refractivity contribution in [2.75, 3.05) is 19.6 Å². The van der Waals surface area contributed by atoms with E-state index in [1.807, 2.05) is 0 Å². The Morgan fingerprint density at radius 1 is 1.43 bits per heavy atom. The number of amides is 1. The number of carbonyl (C=O) groups is 1. The average molecular weight is 198 g/mol. The highest BCUT2D eigenvalue weighted by Gasteiger charge is 2.15. The number of nitrogens with two attached hydrogens (primary N) is 1. The van der Waals surface area contributed by atoms with Gasteiger partial charge in [-0.15, -0.1) is 0 Å². The van der Waals surface area contributed by atoms with Gasteiger partial charge in [-0.3, -0.25) is 4.79 Å². The molecule has 0 spiro atoms. The number of hydrogen-bond acceptors (Lipinski definition) is 2. The first-order valence-corrected chi connectivity index (χ1v) is 5.73. The SMILES string of the molecule is CCC1CCCN(CCC(N)=O)CC1. The second-order valence-corrected chi connectivity index (χ2v) is 4.26. The molecule has 1 amide bonds. The molecule has 1 unspecified atom stereocenters. The van der Waals surface area contributed by atoms with Crippen molar-refractivity contribution in [3.8, 4) is 0 Å². The zero-order valence-corrected chi connectivity index (χ0v) is 9.17. The van der Waals surface area contributed by atoms with Crippen LogP contribution < -0.4 is 5.73 Å². The Morgan fingerprint density at radius 3 is 2.86 bits per heavy atom. The first kappa shape index (κ1) is 11.5. The van der Waals surface area contributed by atoms with Crippen LogP contribution in [0, 0.1) is 5.92 Å². The molecule has 14 heavy (non-hydrogen) atoms. The van der Waals surface area contributed by atoms with E-state index in [0.717, 1.165) is 25.6 Å². The minimum absolute atomic E-state index is 0.179. The van der Waals surface area contributed by atoms with E-state index in [1.165, 1.54) is 25.7 Å². The summed E-state index contributed by atoms with van der Waals surface area (Å²) in [7, 11) is 0. The molecule has 1 fully saturated rings. The van der Waals surface area contributed by atoms with Crippen molar-refractivity contribution in [2.45, 2.75) is 39.0 Å². The van der Waals surface area contributed by atoms with Crippen LogP contribution >= 0.6 is 0 Å². The Balaban J connectivity index is 2.23. The van der Waals surface area contributed by atoms with Gasteiger partial charge in [0.1, 0.15) is 0 Å². The average Bonchev–Trinajstić information content (AvgIpc) is 2.39. The van der Waals surface area contributed by atoms with Crippen LogP contribution in [-0.2, 0) is 4.79 Å². The number of likely N-dealkylation sites (tertiary alicyclic amines) is 1. The van der Waals surface area contributed by atoms with Crippen molar-refractivity contribution in [2.24, 2.45) is 11.7 Å². The maximum atomic E-state index is 10.6. The van der Waals surface area contributed by atoms with Crippen LogP contribution in [0.5, 0.6) is 0 Å². The van der Waals surface area contributed by atoms with E-state index in [1.54, 1.807) is 0 Å². The van der Waals surface area contributed by atoms with Gasteiger partial charge in [0.25, 0.3) is 0 Å². The largest absolute Gasteiger partial charge is 0.370 e. The Kier molecular flexibility index (Phi) is 4.94. The smallest absolute Gasteiger partial charge is 0.218 e. The fourth-order valence-electron chi connectivity index (χ4n) is 2.13. The third-order valence-electron chi connectivity index (χ3n) is 3.19. The van der Waals surface area contributed by atoms with Crippen molar-refractivity contribution in [3.63, 3.8) is 0 Å². The van der Waals surface area contributed by atoms with Gasteiger partial charge in [0.15, 0.2) is 0 Å². The molecular weight excluding hydrogens is 176 g/mol. The molecule has 1 aliphatic rings. The van der Waals surface area contributed by atoms with Crippen LogP contribution in [0.1, 0.15) is 39.0 Å². The molecule has 0 bridgehead atoms. The van der Waals surface area contributed by atoms with E-state index in [9.17, 15) is 4.79 Å². The highest BCUT2D eigenvalue weighted by atomic mass is 16.1. The number of rotatable bonds is 4. The summed E-state index contributed by atoms with van der Waals surface area (Å²) in [6.45, 7) is 5.41. The van der Waals surface area contributed by atoms with E-state index in [2.05, 4.69) is 11.8 Å². The minimum Gasteiger partial charge on any atom is -0.370 e. The maximum absolute atomic E-state index is 10.6. The van der Waals surface area contributed by atoms with Crippen LogP contribution in [0.25, 0.3) is 0 Å². The zero-order chi connectivity index (χ0) is 10.4. The normalized spacial score (nSPS) is 24.5. The first-order chi connectivity index (χ1) is 6.72. The molecule has 0 aromatic rings. The Morgan fingerprint density at radius 2 is 2.21 bits per heavy atom. The topological polar surface area (TPSA) is 46.3 Å². The van der Waals surface area contributed by atoms with E-state index in [-0.39, 0.29) is 5.91 Å². The fourth-order valence-corrected chi connectivity index (χ4v) is 2.13. The monoisotopic (exact) mass is 198 g/mol.